The molecule has 0 N–H and O–H groups in total. The molecule has 1 aromatic carbocycles. The van der Waals surface area contributed by atoms with E-state index in [1.165, 1.54) is 0 Å². The molecule has 4 heteroatoms. The molecule has 2 atom stereocenters. The minimum atomic E-state index is -4.27. The summed E-state index contributed by atoms with van der Waals surface area (Å²) >= 11 is 0. The minimum Gasteiger partial charge on any atom is -0.375 e. The Balaban J connectivity index is 2.30. The average molecular weight is 258 g/mol. The zero-order valence-corrected chi connectivity index (χ0v) is 10.7. The quantitative estimate of drug-likeness (QED) is 0.732. The van der Waals surface area contributed by atoms with E-state index in [0.29, 0.717) is 12.5 Å². The standard InChI is InChI=1S/C14H17F3O/c1-9-8-18-13(2,3)12(9)10-4-6-11(7-5-10)14(15,16)17/h4-7,9,12H,8H2,1-3H3. The maximum absolute atomic E-state index is 12.5. The Morgan fingerprint density at radius 2 is 1.72 bits per heavy atom. The van der Waals surface area contributed by atoms with Gasteiger partial charge in [0.2, 0.25) is 0 Å². The maximum Gasteiger partial charge on any atom is 0.416 e. The molecule has 1 heterocycles. The van der Waals surface area contributed by atoms with Crippen molar-refractivity contribution in [2.75, 3.05) is 6.61 Å². The van der Waals surface area contributed by atoms with Crippen LogP contribution in [0.4, 0.5) is 13.2 Å². The lowest BCUT2D eigenvalue weighted by Crippen LogP contribution is -2.27. The summed E-state index contributed by atoms with van der Waals surface area (Å²) in [6.07, 6.45) is -4.27. The molecule has 1 aliphatic rings. The molecule has 0 radical (unpaired) electrons. The van der Waals surface area contributed by atoms with Gasteiger partial charge < -0.3 is 4.74 Å². The fourth-order valence-corrected chi connectivity index (χ4v) is 2.83. The molecule has 1 nitrogen and oxygen atoms in total. The Kier molecular flexibility index (Phi) is 3.18. The summed E-state index contributed by atoms with van der Waals surface area (Å²) in [7, 11) is 0. The summed E-state index contributed by atoms with van der Waals surface area (Å²) in [4.78, 5) is 0. The van der Waals surface area contributed by atoms with E-state index in [2.05, 4.69) is 6.92 Å². The second-order valence-electron chi connectivity index (χ2n) is 5.49. The number of benzene rings is 1. The number of alkyl halides is 3. The van der Waals surface area contributed by atoms with E-state index < -0.39 is 11.7 Å². The van der Waals surface area contributed by atoms with Crippen molar-refractivity contribution in [2.24, 2.45) is 5.92 Å². The van der Waals surface area contributed by atoms with Gasteiger partial charge in [-0.25, -0.2) is 0 Å². The molecule has 1 aromatic rings. The number of ether oxygens (including phenoxy) is 1. The van der Waals surface area contributed by atoms with Gasteiger partial charge in [0.05, 0.1) is 17.8 Å². The van der Waals surface area contributed by atoms with Crippen molar-refractivity contribution in [3.8, 4) is 0 Å². The highest BCUT2D eigenvalue weighted by Crippen LogP contribution is 2.43. The van der Waals surface area contributed by atoms with E-state index >= 15 is 0 Å². The molecule has 2 rings (SSSR count). The van der Waals surface area contributed by atoms with Crippen molar-refractivity contribution in [3.05, 3.63) is 35.4 Å². The molecule has 0 bridgehead atoms. The van der Waals surface area contributed by atoms with Crippen molar-refractivity contribution in [1.29, 1.82) is 0 Å². The zero-order valence-electron chi connectivity index (χ0n) is 10.7. The number of rotatable bonds is 1. The highest BCUT2D eigenvalue weighted by molar-refractivity contribution is 5.30. The Hall–Kier alpha value is -1.03. The second kappa shape index (κ2) is 4.26. The summed E-state index contributed by atoms with van der Waals surface area (Å²) in [5.41, 5.74) is -0.00673. The van der Waals surface area contributed by atoms with E-state index in [9.17, 15) is 13.2 Å². The third-order valence-corrected chi connectivity index (χ3v) is 3.63. The van der Waals surface area contributed by atoms with Crippen LogP contribution in [0, 0.1) is 5.92 Å². The molecule has 0 aromatic heterocycles. The molecule has 0 aliphatic carbocycles. The first kappa shape index (κ1) is 13.4. The molecular weight excluding hydrogens is 241 g/mol. The Morgan fingerprint density at radius 3 is 2.11 bits per heavy atom. The lowest BCUT2D eigenvalue weighted by atomic mass is 9.79. The van der Waals surface area contributed by atoms with Gasteiger partial charge in [-0.3, -0.25) is 0 Å². The Bertz CT molecular complexity index is 420. The summed E-state index contributed by atoms with van der Waals surface area (Å²) in [5, 5.41) is 0. The molecule has 2 unspecified atom stereocenters. The van der Waals surface area contributed by atoms with Crippen LogP contribution in [0.3, 0.4) is 0 Å². The van der Waals surface area contributed by atoms with Gasteiger partial charge >= 0.3 is 6.18 Å². The van der Waals surface area contributed by atoms with Crippen LogP contribution in [0.25, 0.3) is 0 Å². The highest BCUT2D eigenvalue weighted by Gasteiger charge is 2.42. The fourth-order valence-electron chi connectivity index (χ4n) is 2.83. The molecule has 100 valence electrons. The summed E-state index contributed by atoms with van der Waals surface area (Å²) in [5.74, 6) is 0.455. The monoisotopic (exact) mass is 258 g/mol. The van der Waals surface area contributed by atoms with Gasteiger partial charge in [0.1, 0.15) is 0 Å². The topological polar surface area (TPSA) is 9.23 Å². The molecular formula is C14H17F3O. The summed E-state index contributed by atoms with van der Waals surface area (Å²) < 4.78 is 43.2. The fraction of sp³-hybridized carbons (Fsp3) is 0.571. The number of halogens is 3. The Morgan fingerprint density at radius 1 is 1.17 bits per heavy atom. The van der Waals surface area contributed by atoms with Gasteiger partial charge in [0, 0.05) is 5.92 Å². The maximum atomic E-state index is 12.5. The van der Waals surface area contributed by atoms with E-state index in [1.807, 2.05) is 13.8 Å². The van der Waals surface area contributed by atoms with Crippen molar-refractivity contribution in [1.82, 2.24) is 0 Å². The molecule has 1 saturated heterocycles. The molecule has 0 spiro atoms. The largest absolute Gasteiger partial charge is 0.416 e. The van der Waals surface area contributed by atoms with E-state index in [1.54, 1.807) is 12.1 Å². The lowest BCUT2D eigenvalue weighted by molar-refractivity contribution is -0.137. The van der Waals surface area contributed by atoms with Crippen LogP contribution < -0.4 is 0 Å². The zero-order chi connectivity index (χ0) is 13.6. The third-order valence-electron chi connectivity index (χ3n) is 3.63. The molecule has 1 aliphatic heterocycles. The molecule has 18 heavy (non-hydrogen) atoms. The van der Waals surface area contributed by atoms with Crippen LogP contribution >= 0.6 is 0 Å². The molecule has 0 saturated carbocycles. The van der Waals surface area contributed by atoms with Crippen molar-refractivity contribution >= 4 is 0 Å². The van der Waals surface area contributed by atoms with E-state index in [-0.39, 0.29) is 11.5 Å². The van der Waals surface area contributed by atoms with Crippen LogP contribution in [-0.4, -0.2) is 12.2 Å². The lowest BCUT2D eigenvalue weighted by Gasteiger charge is -2.28. The van der Waals surface area contributed by atoms with Gasteiger partial charge in [0.15, 0.2) is 0 Å². The van der Waals surface area contributed by atoms with Gasteiger partial charge in [-0.05, 0) is 37.5 Å². The van der Waals surface area contributed by atoms with Gasteiger partial charge in [-0.1, -0.05) is 19.1 Å². The van der Waals surface area contributed by atoms with Gasteiger partial charge in [-0.15, -0.1) is 0 Å². The second-order valence-corrected chi connectivity index (χ2v) is 5.49. The molecule has 0 amide bonds. The normalized spacial score (nSPS) is 27.4. The van der Waals surface area contributed by atoms with Crippen LogP contribution in [0.5, 0.6) is 0 Å². The SMILES string of the molecule is CC1COC(C)(C)C1c1ccc(C(F)(F)F)cc1. The van der Waals surface area contributed by atoms with Crippen LogP contribution in [0.2, 0.25) is 0 Å². The Labute approximate surface area is 105 Å². The minimum absolute atomic E-state index is 0.139. The van der Waals surface area contributed by atoms with Gasteiger partial charge in [0.25, 0.3) is 0 Å². The van der Waals surface area contributed by atoms with Crippen LogP contribution in [-0.2, 0) is 10.9 Å². The first-order chi connectivity index (χ1) is 8.22. The predicted octanol–water partition coefficient (Wildman–Crippen LogP) is 4.23. The summed E-state index contributed by atoms with van der Waals surface area (Å²) in [6, 6.07) is 5.44. The summed E-state index contributed by atoms with van der Waals surface area (Å²) in [6.45, 7) is 6.69. The smallest absolute Gasteiger partial charge is 0.375 e. The third kappa shape index (κ3) is 2.39. The van der Waals surface area contributed by atoms with E-state index in [4.69, 9.17) is 4.74 Å². The van der Waals surface area contributed by atoms with Gasteiger partial charge in [-0.2, -0.15) is 13.2 Å². The molecule has 1 fully saturated rings. The van der Waals surface area contributed by atoms with Crippen molar-refractivity contribution in [2.45, 2.75) is 38.5 Å². The first-order valence-corrected chi connectivity index (χ1v) is 6.03. The first-order valence-electron chi connectivity index (χ1n) is 6.03. The predicted molar refractivity (Wildman–Crippen MR) is 63.4 cm³/mol. The van der Waals surface area contributed by atoms with Crippen LogP contribution in [0.1, 0.15) is 37.8 Å². The number of hydrogen-bond acceptors (Lipinski definition) is 1. The van der Waals surface area contributed by atoms with Crippen LogP contribution in [0.15, 0.2) is 24.3 Å². The highest BCUT2D eigenvalue weighted by atomic mass is 19.4. The average Bonchev–Trinajstić information content (AvgIpc) is 2.52. The number of hydrogen-bond donors (Lipinski definition) is 0. The van der Waals surface area contributed by atoms with Crippen molar-refractivity contribution in [3.63, 3.8) is 0 Å². The van der Waals surface area contributed by atoms with Crippen molar-refractivity contribution < 1.29 is 17.9 Å². The van der Waals surface area contributed by atoms with E-state index in [0.717, 1.165) is 17.7 Å².